The maximum absolute atomic E-state index is 11.4. The highest BCUT2D eigenvalue weighted by molar-refractivity contribution is 5.89. The van der Waals surface area contributed by atoms with Crippen molar-refractivity contribution in [2.75, 3.05) is 6.54 Å². The van der Waals surface area contributed by atoms with Crippen LogP contribution in [0.1, 0.15) is 33.6 Å². The molecule has 0 aromatic rings. The lowest BCUT2D eigenvalue weighted by atomic mass is 10.2. The number of rotatable bonds is 6. The van der Waals surface area contributed by atoms with Crippen LogP contribution in [0.4, 0.5) is 0 Å². The Bertz CT molecular complexity index is 219. The molecule has 0 saturated carbocycles. The van der Waals surface area contributed by atoms with E-state index < -0.39 is 12.1 Å². The van der Waals surface area contributed by atoms with E-state index in [0.717, 1.165) is 6.42 Å². The molecule has 2 atom stereocenters. The van der Waals surface area contributed by atoms with Gasteiger partial charge in [0.25, 0.3) is 0 Å². The van der Waals surface area contributed by atoms with E-state index in [-0.39, 0.29) is 11.8 Å². The minimum Gasteiger partial charge on any atom is -0.354 e. The van der Waals surface area contributed by atoms with Crippen molar-refractivity contribution in [1.29, 1.82) is 0 Å². The molecule has 0 radical (unpaired) electrons. The van der Waals surface area contributed by atoms with Gasteiger partial charge in [-0.05, 0) is 19.8 Å². The zero-order chi connectivity index (χ0) is 11.8. The topological polar surface area (TPSA) is 84.2 Å². The number of nitrogens with one attached hydrogen (secondary N) is 2. The van der Waals surface area contributed by atoms with E-state index in [1.807, 2.05) is 13.8 Å². The number of hydrogen-bond acceptors (Lipinski definition) is 3. The van der Waals surface area contributed by atoms with Crippen molar-refractivity contribution in [1.82, 2.24) is 10.6 Å². The molecule has 0 aliphatic heterocycles. The highest BCUT2D eigenvalue weighted by Crippen LogP contribution is 1.89. The van der Waals surface area contributed by atoms with E-state index in [1.165, 1.54) is 0 Å². The van der Waals surface area contributed by atoms with Crippen molar-refractivity contribution in [2.24, 2.45) is 5.73 Å². The maximum Gasteiger partial charge on any atom is 0.242 e. The Morgan fingerprint density at radius 1 is 1.27 bits per heavy atom. The van der Waals surface area contributed by atoms with Crippen molar-refractivity contribution in [3.63, 3.8) is 0 Å². The number of carbonyl (C=O) groups excluding carboxylic acids is 2. The van der Waals surface area contributed by atoms with Crippen molar-refractivity contribution < 1.29 is 9.59 Å². The fourth-order valence-corrected chi connectivity index (χ4v) is 0.973. The first-order chi connectivity index (χ1) is 7.02. The van der Waals surface area contributed by atoms with Crippen LogP contribution >= 0.6 is 0 Å². The molecule has 88 valence electrons. The van der Waals surface area contributed by atoms with E-state index in [0.29, 0.717) is 13.0 Å². The van der Waals surface area contributed by atoms with Gasteiger partial charge in [0.2, 0.25) is 11.8 Å². The normalized spacial score (nSPS) is 14.1. The summed E-state index contributed by atoms with van der Waals surface area (Å²) in [6, 6.07) is -1.06. The summed E-state index contributed by atoms with van der Waals surface area (Å²) in [4.78, 5) is 22.7. The molecule has 15 heavy (non-hydrogen) atoms. The van der Waals surface area contributed by atoms with E-state index in [2.05, 4.69) is 10.6 Å². The average molecular weight is 215 g/mol. The number of carbonyl (C=O) groups is 2. The first-order valence-electron chi connectivity index (χ1n) is 5.36. The minimum absolute atomic E-state index is 0.173. The quantitative estimate of drug-likeness (QED) is 0.571. The second-order valence-corrected chi connectivity index (χ2v) is 3.54. The molecule has 0 bridgehead atoms. The highest BCUT2D eigenvalue weighted by atomic mass is 16.2. The van der Waals surface area contributed by atoms with Crippen LogP contribution in [0.3, 0.4) is 0 Å². The summed E-state index contributed by atoms with van der Waals surface area (Å²) in [6.45, 7) is 6.06. The molecular formula is C10H21N3O2. The van der Waals surface area contributed by atoms with Crippen LogP contribution in [0.2, 0.25) is 0 Å². The molecule has 0 aromatic heterocycles. The number of amides is 2. The second-order valence-electron chi connectivity index (χ2n) is 3.54. The van der Waals surface area contributed by atoms with Crippen molar-refractivity contribution in [2.45, 2.75) is 45.7 Å². The molecule has 0 aromatic carbocycles. The predicted octanol–water partition coefficient (Wildman–Crippen LogP) is -0.245. The summed E-state index contributed by atoms with van der Waals surface area (Å²) in [5.41, 5.74) is 5.52. The third-order valence-electron chi connectivity index (χ3n) is 2.08. The fraction of sp³-hybridized carbons (Fsp3) is 0.800. The lowest BCUT2D eigenvalue weighted by molar-refractivity contribution is -0.129. The first-order valence-corrected chi connectivity index (χ1v) is 5.36. The van der Waals surface area contributed by atoms with Crippen LogP contribution in [0.15, 0.2) is 0 Å². The summed E-state index contributed by atoms with van der Waals surface area (Å²) in [6.07, 6.45) is 1.44. The van der Waals surface area contributed by atoms with Gasteiger partial charge < -0.3 is 16.4 Å². The third kappa shape index (κ3) is 5.37. The van der Waals surface area contributed by atoms with Gasteiger partial charge in [0.05, 0.1) is 6.04 Å². The minimum atomic E-state index is -0.536. The highest BCUT2D eigenvalue weighted by Gasteiger charge is 2.18. The van der Waals surface area contributed by atoms with Crippen molar-refractivity contribution >= 4 is 11.8 Å². The summed E-state index contributed by atoms with van der Waals surface area (Å²) in [7, 11) is 0. The van der Waals surface area contributed by atoms with E-state index in [1.54, 1.807) is 6.92 Å². The molecule has 0 aliphatic carbocycles. The smallest absolute Gasteiger partial charge is 0.242 e. The van der Waals surface area contributed by atoms with Crippen molar-refractivity contribution in [3.05, 3.63) is 0 Å². The van der Waals surface area contributed by atoms with Gasteiger partial charge in [0, 0.05) is 6.54 Å². The third-order valence-corrected chi connectivity index (χ3v) is 2.08. The summed E-state index contributed by atoms with van der Waals surface area (Å²) >= 11 is 0. The zero-order valence-electron chi connectivity index (χ0n) is 9.67. The number of hydrogen-bond donors (Lipinski definition) is 3. The van der Waals surface area contributed by atoms with Crippen LogP contribution in [-0.4, -0.2) is 30.4 Å². The standard InChI is InChI=1S/C10H21N3O2/c1-4-6-12-9(14)7(3)13-10(15)8(11)5-2/h7-8H,4-6,11H2,1-3H3,(H,12,14)(H,13,15)/t7?,8-/m1/s1. The second kappa shape index (κ2) is 7.23. The van der Waals surface area contributed by atoms with Gasteiger partial charge in [0.1, 0.15) is 6.04 Å². The largest absolute Gasteiger partial charge is 0.354 e. The van der Waals surface area contributed by atoms with E-state index in [9.17, 15) is 9.59 Å². The van der Waals surface area contributed by atoms with E-state index >= 15 is 0 Å². The predicted molar refractivity (Wildman–Crippen MR) is 59.2 cm³/mol. The maximum atomic E-state index is 11.4. The Kier molecular flexibility index (Phi) is 6.70. The Morgan fingerprint density at radius 2 is 1.87 bits per heavy atom. The monoisotopic (exact) mass is 215 g/mol. The molecule has 0 spiro atoms. The molecular weight excluding hydrogens is 194 g/mol. The first kappa shape index (κ1) is 13.9. The fourth-order valence-electron chi connectivity index (χ4n) is 0.973. The SMILES string of the molecule is CCCNC(=O)C(C)NC(=O)[C@H](N)CC. The molecule has 0 heterocycles. The van der Waals surface area contributed by atoms with Gasteiger partial charge >= 0.3 is 0 Å². The summed E-state index contributed by atoms with van der Waals surface area (Å²) in [5.74, 6) is -0.454. The van der Waals surface area contributed by atoms with Gasteiger partial charge in [-0.2, -0.15) is 0 Å². The molecule has 1 unspecified atom stereocenters. The number of nitrogens with two attached hydrogens (primary N) is 1. The Labute approximate surface area is 90.8 Å². The van der Waals surface area contributed by atoms with Gasteiger partial charge in [-0.15, -0.1) is 0 Å². The molecule has 5 nitrogen and oxygen atoms in total. The Hall–Kier alpha value is -1.10. The van der Waals surface area contributed by atoms with Crippen LogP contribution < -0.4 is 16.4 Å². The van der Waals surface area contributed by atoms with Crippen LogP contribution in [0.25, 0.3) is 0 Å². The molecule has 0 rings (SSSR count). The zero-order valence-corrected chi connectivity index (χ0v) is 9.67. The van der Waals surface area contributed by atoms with Gasteiger partial charge in [-0.1, -0.05) is 13.8 Å². The Balaban J connectivity index is 3.95. The molecule has 0 fully saturated rings. The van der Waals surface area contributed by atoms with Crippen LogP contribution in [-0.2, 0) is 9.59 Å². The summed E-state index contributed by atoms with van der Waals surface area (Å²) < 4.78 is 0. The van der Waals surface area contributed by atoms with Crippen LogP contribution in [0, 0.1) is 0 Å². The summed E-state index contributed by atoms with van der Waals surface area (Å²) in [5, 5.41) is 5.26. The molecule has 0 aliphatic rings. The lowest BCUT2D eigenvalue weighted by Crippen LogP contribution is -2.50. The van der Waals surface area contributed by atoms with E-state index in [4.69, 9.17) is 5.73 Å². The Morgan fingerprint density at radius 3 is 2.33 bits per heavy atom. The van der Waals surface area contributed by atoms with Crippen molar-refractivity contribution in [3.8, 4) is 0 Å². The van der Waals surface area contributed by atoms with Gasteiger partial charge in [-0.3, -0.25) is 9.59 Å². The molecule has 2 amide bonds. The van der Waals surface area contributed by atoms with Crippen LogP contribution in [0.5, 0.6) is 0 Å². The average Bonchev–Trinajstić information content (AvgIpc) is 2.24. The lowest BCUT2D eigenvalue weighted by Gasteiger charge is -2.16. The molecule has 5 heteroatoms. The molecule has 0 saturated heterocycles. The molecule has 4 N–H and O–H groups in total. The van der Waals surface area contributed by atoms with Gasteiger partial charge in [-0.25, -0.2) is 0 Å². The van der Waals surface area contributed by atoms with Gasteiger partial charge in [0.15, 0.2) is 0 Å².